The Hall–Kier alpha value is -3.94. The average Bonchev–Trinajstić information content (AvgIpc) is 3.27. The molecule has 0 fully saturated rings. The number of benzene rings is 2. The quantitative estimate of drug-likeness (QED) is 0.567. The molecule has 0 aliphatic carbocycles. The summed E-state index contributed by atoms with van der Waals surface area (Å²) in [6.45, 7) is 4.71. The van der Waals surface area contributed by atoms with E-state index >= 15 is 0 Å². The predicted octanol–water partition coefficient (Wildman–Crippen LogP) is 2.32. The van der Waals surface area contributed by atoms with Crippen molar-refractivity contribution in [3.8, 4) is 0 Å². The van der Waals surface area contributed by atoms with E-state index in [0.717, 1.165) is 11.1 Å². The average molecular weight is 460 g/mol. The first-order valence-electron chi connectivity index (χ1n) is 11.3. The van der Waals surface area contributed by atoms with E-state index in [9.17, 15) is 14.4 Å². The van der Waals surface area contributed by atoms with Crippen LogP contribution in [0.15, 0.2) is 60.7 Å². The van der Waals surface area contributed by atoms with Gasteiger partial charge in [0.25, 0.3) is 11.8 Å². The number of likely N-dealkylation sites (N-methyl/N-ethyl adjacent to an activating group) is 1. The topological polar surface area (TPSA) is 96.3 Å². The van der Waals surface area contributed by atoms with Gasteiger partial charge in [0.1, 0.15) is 11.2 Å². The van der Waals surface area contributed by atoms with Crippen molar-refractivity contribution in [1.29, 1.82) is 0 Å². The first kappa shape index (κ1) is 23.2. The normalized spacial score (nSPS) is 17.3. The van der Waals surface area contributed by atoms with Gasteiger partial charge in [-0.2, -0.15) is 5.10 Å². The first-order chi connectivity index (χ1) is 16.3. The Balaban J connectivity index is 1.42. The van der Waals surface area contributed by atoms with E-state index in [0.29, 0.717) is 25.2 Å². The first-order valence-corrected chi connectivity index (χ1v) is 11.3. The van der Waals surface area contributed by atoms with Gasteiger partial charge in [-0.3, -0.25) is 19.1 Å². The van der Waals surface area contributed by atoms with Crippen molar-refractivity contribution < 1.29 is 14.4 Å². The van der Waals surface area contributed by atoms with Gasteiger partial charge in [-0.1, -0.05) is 60.2 Å². The summed E-state index contributed by atoms with van der Waals surface area (Å²) in [5.74, 6) is -0.980. The van der Waals surface area contributed by atoms with Crippen molar-refractivity contribution in [3.05, 3.63) is 88.7 Å². The summed E-state index contributed by atoms with van der Waals surface area (Å²) in [7, 11) is 1.60. The van der Waals surface area contributed by atoms with Gasteiger partial charge >= 0.3 is 0 Å². The molecule has 0 unspecified atom stereocenters. The number of rotatable bonds is 7. The molecule has 3 aromatic rings. The zero-order valence-corrected chi connectivity index (χ0v) is 19.7. The lowest BCUT2D eigenvalue weighted by atomic mass is 9.96. The second-order valence-corrected chi connectivity index (χ2v) is 8.87. The molecule has 176 valence electrons. The van der Waals surface area contributed by atoms with Crippen LogP contribution in [0.4, 0.5) is 0 Å². The Morgan fingerprint density at radius 2 is 1.74 bits per heavy atom. The van der Waals surface area contributed by atoms with Crippen LogP contribution in [0.3, 0.4) is 0 Å². The zero-order valence-electron chi connectivity index (χ0n) is 19.7. The second-order valence-electron chi connectivity index (χ2n) is 8.87. The minimum atomic E-state index is -1.13. The van der Waals surface area contributed by atoms with E-state index in [1.54, 1.807) is 14.0 Å². The maximum absolute atomic E-state index is 13.1. The van der Waals surface area contributed by atoms with E-state index in [-0.39, 0.29) is 30.0 Å². The lowest BCUT2D eigenvalue weighted by Gasteiger charge is -2.40. The van der Waals surface area contributed by atoms with E-state index in [4.69, 9.17) is 0 Å². The lowest BCUT2D eigenvalue weighted by Crippen LogP contribution is -2.62. The molecule has 3 amide bonds. The number of carbonyl (C=O) groups is 3. The molecule has 8 heteroatoms. The van der Waals surface area contributed by atoms with Crippen LogP contribution in [0.5, 0.6) is 0 Å². The van der Waals surface area contributed by atoms with Crippen LogP contribution in [0.1, 0.15) is 44.6 Å². The summed E-state index contributed by atoms with van der Waals surface area (Å²) in [4.78, 5) is 40.2. The minimum Gasteiger partial charge on any atom is -0.350 e. The van der Waals surface area contributed by atoms with Crippen LogP contribution in [-0.4, -0.2) is 51.5 Å². The molecule has 1 atom stereocenters. The van der Waals surface area contributed by atoms with Gasteiger partial charge in [-0.25, -0.2) is 0 Å². The number of hydrogen-bond donors (Lipinski definition) is 2. The summed E-state index contributed by atoms with van der Waals surface area (Å²) in [5.41, 5.74) is 2.60. The van der Waals surface area contributed by atoms with Crippen LogP contribution < -0.4 is 10.6 Å². The predicted molar refractivity (Wildman–Crippen MR) is 128 cm³/mol. The molecule has 4 rings (SSSR count). The van der Waals surface area contributed by atoms with Gasteiger partial charge in [0.2, 0.25) is 5.91 Å². The van der Waals surface area contributed by atoms with E-state index in [1.807, 2.05) is 61.5 Å². The molecule has 2 N–H and O–H groups in total. The molecular weight excluding hydrogens is 430 g/mol. The smallest absolute Gasteiger partial charge is 0.272 e. The van der Waals surface area contributed by atoms with Gasteiger partial charge < -0.3 is 15.5 Å². The molecular formula is C26H29N5O3. The number of hydrogen-bond acceptors (Lipinski definition) is 4. The molecule has 2 heterocycles. The van der Waals surface area contributed by atoms with E-state index in [2.05, 4.69) is 15.7 Å². The Morgan fingerprint density at radius 3 is 2.44 bits per heavy atom. The highest BCUT2D eigenvalue weighted by molar-refractivity contribution is 6.01. The third-order valence-corrected chi connectivity index (χ3v) is 6.34. The molecule has 8 nitrogen and oxygen atoms in total. The maximum atomic E-state index is 13.1. The molecule has 2 aromatic carbocycles. The van der Waals surface area contributed by atoms with Gasteiger partial charge in [0.05, 0.1) is 6.54 Å². The van der Waals surface area contributed by atoms with Crippen LogP contribution in [0.2, 0.25) is 0 Å². The van der Waals surface area contributed by atoms with Crippen molar-refractivity contribution in [1.82, 2.24) is 25.3 Å². The number of aromatic nitrogens is 2. The lowest BCUT2D eigenvalue weighted by molar-refractivity contribution is -0.132. The van der Waals surface area contributed by atoms with Crippen LogP contribution in [-0.2, 0) is 24.3 Å². The summed E-state index contributed by atoms with van der Waals surface area (Å²) in [5, 5.41) is 10.1. The van der Waals surface area contributed by atoms with E-state index < -0.39 is 5.54 Å². The second kappa shape index (κ2) is 9.51. The third kappa shape index (κ3) is 4.71. The molecule has 1 aliphatic heterocycles. The highest BCUT2D eigenvalue weighted by Crippen LogP contribution is 2.26. The highest BCUT2D eigenvalue weighted by Gasteiger charge is 2.46. The van der Waals surface area contributed by atoms with Gasteiger partial charge in [0.15, 0.2) is 5.69 Å². The SMILES string of the molecule is Cc1ccc(CCNC(=O)c2cc3n(n2)C[C@@](C)(C(=O)NCc2ccccc2)N(C)C3=O)cc1. The van der Waals surface area contributed by atoms with Crippen molar-refractivity contribution in [2.45, 2.75) is 38.9 Å². The Labute approximate surface area is 199 Å². The van der Waals surface area contributed by atoms with Gasteiger partial charge in [0, 0.05) is 26.2 Å². The van der Waals surface area contributed by atoms with Crippen LogP contribution >= 0.6 is 0 Å². The summed E-state index contributed by atoms with van der Waals surface area (Å²) in [6, 6.07) is 19.2. The number of aryl methyl sites for hydroxylation is 1. The molecule has 0 spiro atoms. The fourth-order valence-corrected chi connectivity index (χ4v) is 3.97. The van der Waals surface area contributed by atoms with E-state index in [1.165, 1.54) is 21.2 Å². The van der Waals surface area contributed by atoms with Gasteiger partial charge in [-0.05, 0) is 31.4 Å². The largest absolute Gasteiger partial charge is 0.350 e. The molecule has 0 bridgehead atoms. The van der Waals surface area contributed by atoms with Crippen molar-refractivity contribution in [2.75, 3.05) is 13.6 Å². The summed E-state index contributed by atoms with van der Waals surface area (Å²) in [6.07, 6.45) is 0.695. The zero-order chi connectivity index (χ0) is 24.3. The molecule has 1 aliphatic rings. The number of nitrogens with one attached hydrogen (secondary N) is 2. The van der Waals surface area contributed by atoms with Crippen LogP contribution in [0, 0.1) is 6.92 Å². The van der Waals surface area contributed by atoms with Crippen molar-refractivity contribution in [2.24, 2.45) is 0 Å². The van der Waals surface area contributed by atoms with Crippen molar-refractivity contribution >= 4 is 17.7 Å². The third-order valence-electron chi connectivity index (χ3n) is 6.34. The fourth-order valence-electron chi connectivity index (χ4n) is 3.97. The Kier molecular flexibility index (Phi) is 6.49. The Morgan fingerprint density at radius 1 is 1.03 bits per heavy atom. The molecule has 0 saturated heterocycles. The number of amides is 3. The monoisotopic (exact) mass is 459 g/mol. The highest BCUT2D eigenvalue weighted by atomic mass is 16.2. The van der Waals surface area contributed by atoms with Crippen molar-refractivity contribution in [3.63, 3.8) is 0 Å². The molecule has 0 saturated carbocycles. The standard InChI is InChI=1S/C26H29N5O3/c1-18-9-11-19(12-10-18)13-14-27-23(32)21-15-22-24(33)30(3)26(2,17-31(22)29-21)25(34)28-16-20-7-5-4-6-8-20/h4-12,15H,13-14,16-17H2,1-3H3,(H,27,32)(H,28,34)/t26-/m0/s1. The minimum absolute atomic E-state index is 0.155. The molecule has 1 aromatic heterocycles. The Bertz CT molecular complexity index is 1200. The summed E-state index contributed by atoms with van der Waals surface area (Å²) >= 11 is 0. The molecule has 34 heavy (non-hydrogen) atoms. The maximum Gasteiger partial charge on any atom is 0.272 e. The van der Waals surface area contributed by atoms with Crippen LogP contribution in [0.25, 0.3) is 0 Å². The molecule has 0 radical (unpaired) electrons. The number of fused-ring (bicyclic) bond motifs is 1. The number of nitrogens with zero attached hydrogens (tertiary/aromatic N) is 3. The van der Waals surface area contributed by atoms with Gasteiger partial charge in [-0.15, -0.1) is 0 Å². The number of carbonyl (C=O) groups excluding carboxylic acids is 3. The fraction of sp³-hybridized carbons (Fsp3) is 0.308. The summed E-state index contributed by atoms with van der Waals surface area (Å²) < 4.78 is 1.46.